The molecule has 0 unspecified atom stereocenters. The maximum atomic E-state index is 2.85. The Morgan fingerprint density at radius 2 is 1.12 bits per heavy atom. The second kappa shape index (κ2) is 7.71. The summed E-state index contributed by atoms with van der Waals surface area (Å²) < 4.78 is 0. The fourth-order valence-corrected chi connectivity index (χ4v) is 3.64. The largest absolute Gasteiger partial charge is 0.298 e. The highest BCUT2D eigenvalue weighted by Gasteiger charge is 2.27. The van der Waals surface area contributed by atoms with Gasteiger partial charge in [-0.3, -0.25) is 4.90 Å². The number of halogens is 1. The normalized spacial score (nSPS) is 24.4. The van der Waals surface area contributed by atoms with Crippen LogP contribution in [-0.2, 0) is 0 Å². The summed E-state index contributed by atoms with van der Waals surface area (Å²) in [6.45, 7) is 3.65. The molecule has 2 aliphatic carbocycles. The van der Waals surface area contributed by atoms with E-state index in [1.165, 1.54) is 70.8 Å². The van der Waals surface area contributed by atoms with Crippen LogP contribution in [0.25, 0.3) is 0 Å². The van der Waals surface area contributed by atoms with Crippen molar-refractivity contribution in [3.8, 4) is 0 Å². The van der Waals surface area contributed by atoms with Crippen LogP contribution in [0.4, 0.5) is 0 Å². The summed E-state index contributed by atoms with van der Waals surface area (Å²) in [5.74, 6) is 0. The highest BCUT2D eigenvalue weighted by atomic mass is 79.9. The van der Waals surface area contributed by atoms with Gasteiger partial charge in [-0.1, -0.05) is 45.4 Å². The molecule has 0 aromatic carbocycles. The van der Waals surface area contributed by atoms with E-state index >= 15 is 0 Å². The quantitative estimate of drug-likeness (QED) is 0.737. The van der Waals surface area contributed by atoms with Crippen LogP contribution < -0.4 is 0 Å². The first kappa shape index (κ1) is 14.5. The summed E-state index contributed by atoms with van der Waals surface area (Å²) in [7, 11) is 0. The van der Waals surface area contributed by atoms with E-state index in [1.54, 1.807) is 0 Å². The van der Waals surface area contributed by atoms with Crippen LogP contribution in [0.2, 0.25) is 0 Å². The zero-order valence-electron chi connectivity index (χ0n) is 10.8. The Kier molecular flexibility index (Phi) is 6.98. The number of hydrogen-bond acceptors (Lipinski definition) is 1. The molecule has 0 heterocycles. The van der Waals surface area contributed by atoms with Crippen LogP contribution in [0.5, 0.6) is 0 Å². The average molecular weight is 290 g/mol. The maximum Gasteiger partial charge on any atom is 0.00980 e. The van der Waals surface area contributed by atoms with E-state index in [9.17, 15) is 0 Å². The Labute approximate surface area is 112 Å². The van der Waals surface area contributed by atoms with Crippen molar-refractivity contribution in [2.75, 3.05) is 6.54 Å². The van der Waals surface area contributed by atoms with Crippen LogP contribution >= 0.6 is 17.0 Å². The molecule has 0 radical (unpaired) electrons. The van der Waals surface area contributed by atoms with E-state index in [4.69, 9.17) is 0 Å². The Hall–Kier alpha value is 0.440. The van der Waals surface area contributed by atoms with Gasteiger partial charge in [0, 0.05) is 12.1 Å². The van der Waals surface area contributed by atoms with Gasteiger partial charge in [-0.15, -0.1) is 17.0 Å². The second-order valence-electron chi connectivity index (χ2n) is 5.41. The fraction of sp³-hybridized carbons (Fsp3) is 1.00. The lowest BCUT2D eigenvalue weighted by Gasteiger charge is -2.41. The number of rotatable bonds is 3. The Morgan fingerprint density at radius 1 is 0.750 bits per heavy atom. The van der Waals surface area contributed by atoms with Gasteiger partial charge in [0.15, 0.2) is 0 Å². The third-order valence-electron chi connectivity index (χ3n) is 4.45. The fourth-order valence-electron chi connectivity index (χ4n) is 3.64. The first-order valence-corrected chi connectivity index (χ1v) is 7.17. The lowest BCUT2D eigenvalue weighted by Crippen LogP contribution is -2.44. The monoisotopic (exact) mass is 289 g/mol. The van der Waals surface area contributed by atoms with E-state index in [0.717, 1.165) is 12.1 Å². The third kappa shape index (κ3) is 3.73. The van der Waals surface area contributed by atoms with Crippen molar-refractivity contribution < 1.29 is 0 Å². The van der Waals surface area contributed by atoms with Gasteiger partial charge in [0.25, 0.3) is 0 Å². The summed E-state index contributed by atoms with van der Waals surface area (Å²) >= 11 is 0. The van der Waals surface area contributed by atoms with Gasteiger partial charge in [0.1, 0.15) is 0 Å². The molecule has 0 saturated heterocycles. The molecule has 2 saturated carbocycles. The Morgan fingerprint density at radius 3 is 1.44 bits per heavy atom. The molecule has 0 spiro atoms. The Bertz CT molecular complexity index is 154. The summed E-state index contributed by atoms with van der Waals surface area (Å²) in [6.07, 6.45) is 14.8. The summed E-state index contributed by atoms with van der Waals surface area (Å²) in [6, 6.07) is 1.87. The van der Waals surface area contributed by atoms with Crippen molar-refractivity contribution in [3.63, 3.8) is 0 Å². The van der Waals surface area contributed by atoms with Crippen molar-refractivity contribution in [2.45, 2.75) is 83.2 Å². The molecule has 0 amide bonds. The van der Waals surface area contributed by atoms with Gasteiger partial charge in [-0.25, -0.2) is 0 Å². The maximum absolute atomic E-state index is 2.85. The van der Waals surface area contributed by atoms with Crippen LogP contribution in [0, 0.1) is 0 Å². The predicted octanol–water partition coefficient (Wildman–Crippen LogP) is 4.55. The summed E-state index contributed by atoms with van der Waals surface area (Å²) in [5, 5.41) is 0. The summed E-state index contributed by atoms with van der Waals surface area (Å²) in [5.41, 5.74) is 0. The minimum Gasteiger partial charge on any atom is -0.298 e. The minimum absolute atomic E-state index is 0. The van der Waals surface area contributed by atoms with Crippen molar-refractivity contribution in [3.05, 3.63) is 0 Å². The van der Waals surface area contributed by atoms with Gasteiger partial charge in [0.05, 0.1) is 0 Å². The summed E-state index contributed by atoms with van der Waals surface area (Å²) in [4.78, 5) is 2.85. The molecular weight excluding hydrogens is 262 g/mol. The SMILES string of the molecule is Br.CCN(C1CCCCC1)C1CCCCC1. The molecule has 2 heteroatoms. The number of hydrogen-bond donors (Lipinski definition) is 0. The first-order valence-electron chi connectivity index (χ1n) is 7.17. The van der Waals surface area contributed by atoms with E-state index < -0.39 is 0 Å². The predicted molar refractivity (Wildman–Crippen MR) is 76.4 cm³/mol. The minimum atomic E-state index is 0. The van der Waals surface area contributed by atoms with Gasteiger partial charge >= 0.3 is 0 Å². The molecule has 0 atom stereocenters. The molecule has 16 heavy (non-hydrogen) atoms. The third-order valence-corrected chi connectivity index (χ3v) is 4.45. The zero-order chi connectivity index (χ0) is 10.5. The van der Waals surface area contributed by atoms with Gasteiger partial charge in [-0.05, 0) is 32.2 Å². The Balaban J connectivity index is 0.00000128. The molecule has 0 bridgehead atoms. The van der Waals surface area contributed by atoms with Crippen molar-refractivity contribution in [1.29, 1.82) is 0 Å². The standard InChI is InChI=1S/C14H27N.BrH/c1-2-15(13-9-5-3-6-10-13)14-11-7-4-8-12-14;/h13-14H,2-12H2,1H3;1H. The average Bonchev–Trinajstić information content (AvgIpc) is 2.33. The van der Waals surface area contributed by atoms with E-state index in [1.807, 2.05) is 0 Å². The van der Waals surface area contributed by atoms with Crippen molar-refractivity contribution >= 4 is 17.0 Å². The van der Waals surface area contributed by atoms with Gasteiger partial charge < -0.3 is 0 Å². The van der Waals surface area contributed by atoms with E-state index in [2.05, 4.69) is 11.8 Å². The molecule has 0 aromatic rings. The molecular formula is C14H28BrN. The van der Waals surface area contributed by atoms with Crippen molar-refractivity contribution in [1.82, 2.24) is 4.90 Å². The van der Waals surface area contributed by atoms with Crippen LogP contribution in [-0.4, -0.2) is 23.5 Å². The van der Waals surface area contributed by atoms with Gasteiger partial charge in [0.2, 0.25) is 0 Å². The molecule has 2 fully saturated rings. The lowest BCUT2D eigenvalue weighted by molar-refractivity contribution is 0.0869. The molecule has 96 valence electrons. The molecule has 2 rings (SSSR count). The first-order chi connectivity index (χ1) is 7.42. The van der Waals surface area contributed by atoms with Gasteiger partial charge in [-0.2, -0.15) is 0 Å². The lowest BCUT2D eigenvalue weighted by atomic mass is 9.89. The second-order valence-corrected chi connectivity index (χ2v) is 5.41. The van der Waals surface area contributed by atoms with Crippen LogP contribution in [0.1, 0.15) is 71.1 Å². The molecule has 1 nitrogen and oxygen atoms in total. The molecule has 2 aliphatic rings. The zero-order valence-corrected chi connectivity index (χ0v) is 12.5. The van der Waals surface area contributed by atoms with Crippen molar-refractivity contribution in [2.24, 2.45) is 0 Å². The molecule has 0 N–H and O–H groups in total. The smallest absolute Gasteiger partial charge is 0.00980 e. The molecule has 0 aromatic heterocycles. The highest BCUT2D eigenvalue weighted by molar-refractivity contribution is 8.93. The topological polar surface area (TPSA) is 3.24 Å². The van der Waals surface area contributed by atoms with E-state index in [0.29, 0.717) is 0 Å². The number of nitrogens with zero attached hydrogens (tertiary/aromatic N) is 1. The van der Waals surface area contributed by atoms with E-state index in [-0.39, 0.29) is 17.0 Å². The van der Waals surface area contributed by atoms with Crippen LogP contribution in [0.3, 0.4) is 0 Å². The highest BCUT2D eigenvalue weighted by Crippen LogP contribution is 2.29. The van der Waals surface area contributed by atoms with Crippen LogP contribution in [0.15, 0.2) is 0 Å². The molecule has 0 aliphatic heterocycles.